The molecule has 0 bridgehead atoms. The summed E-state index contributed by atoms with van der Waals surface area (Å²) in [6.45, 7) is 0.667. The van der Waals surface area contributed by atoms with E-state index in [9.17, 15) is 9.59 Å². The lowest BCUT2D eigenvalue weighted by Gasteiger charge is -2.31. The number of thiazole rings is 1. The fourth-order valence-corrected chi connectivity index (χ4v) is 3.91. The quantitative estimate of drug-likeness (QED) is 0.658. The van der Waals surface area contributed by atoms with Crippen LogP contribution in [-0.2, 0) is 16.0 Å². The first kappa shape index (κ1) is 19.8. The molecular weight excluding hydrogens is 336 g/mol. The molecule has 0 aromatic carbocycles. The van der Waals surface area contributed by atoms with Gasteiger partial charge in [-0.05, 0) is 32.2 Å². The molecule has 0 aliphatic heterocycles. The molecule has 140 valence electrons. The Labute approximate surface area is 154 Å². The molecule has 1 aromatic heterocycles. The highest BCUT2D eigenvalue weighted by Gasteiger charge is 2.22. The van der Waals surface area contributed by atoms with Crippen LogP contribution in [0.1, 0.15) is 63.5 Å². The summed E-state index contributed by atoms with van der Waals surface area (Å²) < 4.78 is 0. The first-order chi connectivity index (χ1) is 12.1. The topological polar surface area (TPSA) is 88.3 Å². The van der Waals surface area contributed by atoms with Crippen molar-refractivity contribution >= 4 is 28.3 Å². The number of hydrogen-bond acceptors (Lipinski definition) is 5. The number of carbonyl (C=O) groups is 2. The van der Waals surface area contributed by atoms with Crippen molar-refractivity contribution in [3.8, 4) is 0 Å². The maximum Gasteiger partial charge on any atom is 0.228 e. The van der Waals surface area contributed by atoms with Crippen molar-refractivity contribution in [3.63, 3.8) is 0 Å². The molecule has 25 heavy (non-hydrogen) atoms. The number of carbonyl (C=O) groups excluding carboxylic acids is 2. The molecule has 0 saturated heterocycles. The molecule has 0 unspecified atom stereocenters. The van der Waals surface area contributed by atoms with Gasteiger partial charge < -0.3 is 16.0 Å². The molecule has 1 fully saturated rings. The summed E-state index contributed by atoms with van der Waals surface area (Å²) in [4.78, 5) is 30.6. The fraction of sp³-hybridized carbons (Fsp3) is 0.722. The van der Waals surface area contributed by atoms with Crippen molar-refractivity contribution in [2.75, 3.05) is 18.9 Å². The average molecular weight is 367 g/mol. The zero-order valence-electron chi connectivity index (χ0n) is 15.1. The van der Waals surface area contributed by atoms with Gasteiger partial charge in [0, 0.05) is 24.9 Å². The highest BCUT2D eigenvalue weighted by atomic mass is 32.1. The summed E-state index contributed by atoms with van der Waals surface area (Å²) >= 11 is 1.38. The van der Waals surface area contributed by atoms with Gasteiger partial charge in [-0.3, -0.25) is 9.59 Å². The molecule has 2 amide bonds. The lowest BCUT2D eigenvalue weighted by molar-refractivity contribution is -0.131. The monoisotopic (exact) mass is 366 g/mol. The smallest absolute Gasteiger partial charge is 0.228 e. The average Bonchev–Trinajstić information content (AvgIpc) is 3.05. The van der Waals surface area contributed by atoms with Gasteiger partial charge in [-0.2, -0.15) is 0 Å². The van der Waals surface area contributed by atoms with E-state index >= 15 is 0 Å². The number of nitrogens with one attached hydrogen (secondary N) is 1. The summed E-state index contributed by atoms with van der Waals surface area (Å²) in [7, 11) is 1.90. The molecule has 2 rings (SSSR count). The minimum absolute atomic E-state index is 0.0245. The van der Waals surface area contributed by atoms with Gasteiger partial charge in [-0.1, -0.05) is 25.7 Å². The van der Waals surface area contributed by atoms with E-state index in [1.165, 1.54) is 30.6 Å². The Morgan fingerprint density at radius 1 is 1.28 bits per heavy atom. The third kappa shape index (κ3) is 6.74. The standard InChI is InChI=1S/C18H30N4O2S/c1-22(15-8-4-2-5-9-15)17(24)12-14-13-25-18(20-14)21-16(23)10-6-3-7-11-19/h13,15H,2-12,19H2,1H3,(H,20,21,23). The van der Waals surface area contributed by atoms with Crippen LogP contribution in [0.15, 0.2) is 5.38 Å². The molecule has 1 heterocycles. The van der Waals surface area contributed by atoms with Crippen molar-refractivity contribution in [1.82, 2.24) is 9.88 Å². The van der Waals surface area contributed by atoms with Crippen molar-refractivity contribution in [3.05, 3.63) is 11.1 Å². The molecular formula is C18H30N4O2S. The normalized spacial score (nSPS) is 15.1. The first-order valence-corrected chi connectivity index (χ1v) is 10.2. The molecule has 1 aromatic rings. The largest absolute Gasteiger partial charge is 0.342 e. The number of aromatic nitrogens is 1. The van der Waals surface area contributed by atoms with Gasteiger partial charge in [0.05, 0.1) is 12.1 Å². The second kappa shape index (κ2) is 10.5. The van der Waals surface area contributed by atoms with Crippen LogP contribution in [0.4, 0.5) is 5.13 Å². The van der Waals surface area contributed by atoms with E-state index in [2.05, 4.69) is 10.3 Å². The zero-order valence-corrected chi connectivity index (χ0v) is 15.9. The lowest BCUT2D eigenvalue weighted by atomic mass is 9.94. The second-order valence-corrected chi connectivity index (χ2v) is 7.62. The third-order valence-corrected chi connectivity index (χ3v) is 5.56. The number of nitrogens with two attached hydrogens (primary N) is 1. The van der Waals surface area contributed by atoms with E-state index in [1.54, 1.807) is 0 Å². The maximum absolute atomic E-state index is 12.4. The highest BCUT2D eigenvalue weighted by Crippen LogP contribution is 2.23. The number of unbranched alkanes of at least 4 members (excludes halogenated alkanes) is 2. The highest BCUT2D eigenvalue weighted by molar-refractivity contribution is 7.13. The lowest BCUT2D eigenvalue weighted by Crippen LogP contribution is -2.39. The van der Waals surface area contributed by atoms with Gasteiger partial charge in [0.2, 0.25) is 11.8 Å². The Hall–Kier alpha value is -1.47. The second-order valence-electron chi connectivity index (χ2n) is 6.76. The Balaban J connectivity index is 1.76. The molecule has 0 spiro atoms. The summed E-state index contributed by atoms with van der Waals surface area (Å²) in [6, 6.07) is 0.368. The van der Waals surface area contributed by atoms with Crippen LogP contribution < -0.4 is 11.1 Å². The molecule has 0 atom stereocenters. The van der Waals surface area contributed by atoms with E-state index in [-0.39, 0.29) is 11.8 Å². The van der Waals surface area contributed by atoms with E-state index in [0.29, 0.717) is 30.6 Å². The number of likely N-dealkylation sites (N-methyl/N-ethyl adjacent to an activating group) is 1. The molecule has 1 aliphatic rings. The summed E-state index contributed by atoms with van der Waals surface area (Å²) in [6.07, 6.45) is 9.44. The van der Waals surface area contributed by atoms with E-state index in [1.807, 2.05) is 17.3 Å². The minimum Gasteiger partial charge on any atom is -0.342 e. The van der Waals surface area contributed by atoms with Gasteiger partial charge in [-0.15, -0.1) is 11.3 Å². The predicted octanol–water partition coefficient (Wildman–Crippen LogP) is 2.93. The van der Waals surface area contributed by atoms with Crippen LogP contribution in [0.25, 0.3) is 0 Å². The third-order valence-electron chi connectivity index (χ3n) is 4.75. The molecule has 1 aliphatic carbocycles. The summed E-state index contributed by atoms with van der Waals surface area (Å²) in [5.74, 6) is 0.0837. The van der Waals surface area contributed by atoms with Crippen LogP contribution in [0.3, 0.4) is 0 Å². The van der Waals surface area contributed by atoms with Crippen molar-refractivity contribution in [2.45, 2.75) is 70.3 Å². The Morgan fingerprint density at radius 2 is 2.04 bits per heavy atom. The van der Waals surface area contributed by atoms with Crippen molar-refractivity contribution < 1.29 is 9.59 Å². The van der Waals surface area contributed by atoms with E-state index in [4.69, 9.17) is 5.73 Å². The predicted molar refractivity (Wildman–Crippen MR) is 102 cm³/mol. The SMILES string of the molecule is CN(C(=O)Cc1csc(NC(=O)CCCCCN)n1)C1CCCCC1. The van der Waals surface area contributed by atoms with Crippen LogP contribution in [0.5, 0.6) is 0 Å². The summed E-state index contributed by atoms with van der Waals surface area (Å²) in [5, 5.41) is 5.25. The van der Waals surface area contributed by atoms with Gasteiger partial charge in [-0.25, -0.2) is 4.98 Å². The van der Waals surface area contributed by atoms with Crippen molar-refractivity contribution in [1.29, 1.82) is 0 Å². The number of amides is 2. The molecule has 1 saturated carbocycles. The van der Waals surface area contributed by atoms with E-state index < -0.39 is 0 Å². The molecule has 3 N–H and O–H groups in total. The molecule has 0 radical (unpaired) electrons. The zero-order chi connectivity index (χ0) is 18.1. The van der Waals surface area contributed by atoms with E-state index in [0.717, 1.165) is 37.8 Å². The van der Waals surface area contributed by atoms with Crippen molar-refractivity contribution in [2.24, 2.45) is 5.73 Å². The fourth-order valence-electron chi connectivity index (χ4n) is 3.19. The Morgan fingerprint density at radius 3 is 2.76 bits per heavy atom. The number of nitrogens with zero attached hydrogens (tertiary/aromatic N) is 2. The molecule has 7 heteroatoms. The van der Waals surface area contributed by atoms with Gasteiger partial charge >= 0.3 is 0 Å². The maximum atomic E-state index is 12.4. The van der Waals surface area contributed by atoms with Gasteiger partial charge in [0.1, 0.15) is 0 Å². The van der Waals surface area contributed by atoms with Gasteiger partial charge in [0.15, 0.2) is 5.13 Å². The first-order valence-electron chi connectivity index (χ1n) is 9.30. The molecule has 6 nitrogen and oxygen atoms in total. The Bertz CT molecular complexity index is 555. The Kier molecular flexibility index (Phi) is 8.34. The van der Waals surface area contributed by atoms with Gasteiger partial charge in [0.25, 0.3) is 0 Å². The number of rotatable bonds is 9. The van der Waals surface area contributed by atoms with Crippen LogP contribution in [0, 0.1) is 0 Å². The number of anilines is 1. The number of hydrogen-bond donors (Lipinski definition) is 2. The van der Waals surface area contributed by atoms with Crippen LogP contribution in [-0.4, -0.2) is 41.3 Å². The van der Waals surface area contributed by atoms with Crippen LogP contribution in [0.2, 0.25) is 0 Å². The van der Waals surface area contributed by atoms with Crippen LogP contribution >= 0.6 is 11.3 Å². The minimum atomic E-state index is -0.0245. The summed E-state index contributed by atoms with van der Waals surface area (Å²) in [5.41, 5.74) is 6.17.